The molecule has 0 saturated carbocycles. The Kier molecular flexibility index (Phi) is 5.43. The first-order chi connectivity index (χ1) is 8.01. The number of nitrogens with one attached hydrogen (secondary N) is 2. The molecule has 0 fully saturated rings. The van der Waals surface area contributed by atoms with Gasteiger partial charge in [-0.2, -0.15) is 0 Å². The maximum Gasteiger partial charge on any atom is 0.230 e. The third kappa shape index (κ3) is 5.18. The fraction of sp³-hybridized carbons (Fsp3) is 0.700. The van der Waals surface area contributed by atoms with Crippen LogP contribution in [-0.2, 0) is 9.59 Å². The number of carbonyl (C=O) groups excluding carboxylic acids is 2. The number of amidine groups is 1. The van der Waals surface area contributed by atoms with Crippen LogP contribution in [0, 0.1) is 0 Å². The lowest BCUT2D eigenvalue weighted by Crippen LogP contribution is -2.39. The first kappa shape index (κ1) is 14.0. The summed E-state index contributed by atoms with van der Waals surface area (Å²) in [6, 6.07) is -0.296. The van der Waals surface area contributed by atoms with E-state index in [2.05, 4.69) is 15.6 Å². The van der Waals surface area contributed by atoms with Crippen molar-refractivity contribution in [1.82, 2.24) is 10.6 Å². The summed E-state index contributed by atoms with van der Waals surface area (Å²) in [5.74, 6) is -0.0817. The minimum Gasteiger partial charge on any atom is -0.394 e. The van der Waals surface area contributed by atoms with Crippen LogP contribution in [0.5, 0.6) is 0 Å². The topological polar surface area (TPSA) is 90.8 Å². The summed E-state index contributed by atoms with van der Waals surface area (Å²) in [5.41, 5.74) is 0. The number of thioether (sulfide) groups is 1. The summed E-state index contributed by atoms with van der Waals surface area (Å²) in [7, 11) is 0. The Bertz CT molecular complexity index is 333. The van der Waals surface area contributed by atoms with Crippen LogP contribution in [-0.4, -0.2) is 46.5 Å². The third-order valence-corrected chi connectivity index (χ3v) is 2.97. The smallest absolute Gasteiger partial charge is 0.230 e. The Morgan fingerprint density at radius 1 is 1.76 bits per heavy atom. The van der Waals surface area contributed by atoms with E-state index in [0.717, 1.165) is 0 Å². The van der Waals surface area contributed by atoms with Crippen LogP contribution in [0.15, 0.2) is 4.99 Å². The van der Waals surface area contributed by atoms with Gasteiger partial charge in [-0.1, -0.05) is 11.8 Å². The molecule has 1 rings (SSSR count). The summed E-state index contributed by atoms with van der Waals surface area (Å²) in [4.78, 5) is 26.8. The molecule has 0 aromatic rings. The van der Waals surface area contributed by atoms with Crippen molar-refractivity contribution in [3.05, 3.63) is 0 Å². The predicted octanol–water partition coefficient (Wildman–Crippen LogP) is -0.519. The molecule has 6 nitrogen and oxygen atoms in total. The Hall–Kier alpha value is -1.08. The molecule has 2 atom stereocenters. The molecular weight excluding hydrogens is 242 g/mol. The van der Waals surface area contributed by atoms with Crippen molar-refractivity contribution in [2.45, 2.75) is 32.4 Å². The van der Waals surface area contributed by atoms with Gasteiger partial charge in [-0.15, -0.1) is 0 Å². The largest absolute Gasteiger partial charge is 0.394 e. The number of carbonyl (C=O) groups is 2. The lowest BCUT2D eigenvalue weighted by molar-refractivity contribution is -0.120. The average Bonchev–Trinajstić information content (AvgIpc) is 2.25. The zero-order valence-electron chi connectivity index (χ0n) is 9.90. The number of aliphatic hydroxyl groups excluding tert-OH is 1. The molecule has 2 amide bonds. The van der Waals surface area contributed by atoms with Crippen LogP contribution < -0.4 is 10.6 Å². The Balaban J connectivity index is 2.35. The highest BCUT2D eigenvalue weighted by molar-refractivity contribution is 8.14. The number of rotatable bonds is 4. The van der Waals surface area contributed by atoms with Gasteiger partial charge in [0.05, 0.1) is 18.4 Å². The van der Waals surface area contributed by atoms with Crippen molar-refractivity contribution in [3.8, 4) is 0 Å². The van der Waals surface area contributed by atoms with Crippen molar-refractivity contribution in [1.29, 1.82) is 0 Å². The van der Waals surface area contributed by atoms with Gasteiger partial charge in [-0.3, -0.25) is 14.6 Å². The molecule has 1 heterocycles. The number of hydrogen-bond acceptors (Lipinski definition) is 5. The third-order valence-electron chi connectivity index (χ3n) is 2.09. The maximum atomic E-state index is 11.4. The molecule has 17 heavy (non-hydrogen) atoms. The van der Waals surface area contributed by atoms with Gasteiger partial charge in [-0.05, 0) is 13.8 Å². The molecule has 0 aromatic carbocycles. The number of amides is 2. The van der Waals surface area contributed by atoms with Gasteiger partial charge in [0, 0.05) is 12.5 Å². The van der Waals surface area contributed by atoms with Crippen LogP contribution in [0.1, 0.15) is 20.3 Å². The van der Waals surface area contributed by atoms with Gasteiger partial charge >= 0.3 is 0 Å². The number of aliphatic hydroxyl groups is 1. The van der Waals surface area contributed by atoms with E-state index in [1.807, 2.05) is 6.92 Å². The van der Waals surface area contributed by atoms with Gasteiger partial charge in [-0.25, -0.2) is 0 Å². The van der Waals surface area contributed by atoms with Gasteiger partial charge < -0.3 is 15.7 Å². The molecule has 0 unspecified atom stereocenters. The number of hydrogen-bond donors (Lipinski definition) is 3. The predicted molar refractivity (Wildman–Crippen MR) is 66.8 cm³/mol. The molecule has 7 heteroatoms. The quantitative estimate of drug-likeness (QED) is 0.633. The zero-order valence-corrected chi connectivity index (χ0v) is 10.7. The van der Waals surface area contributed by atoms with E-state index >= 15 is 0 Å². The molecule has 0 saturated heterocycles. The summed E-state index contributed by atoms with van der Waals surface area (Å²) in [5, 5.41) is 14.5. The van der Waals surface area contributed by atoms with E-state index in [1.165, 1.54) is 11.8 Å². The van der Waals surface area contributed by atoms with E-state index in [4.69, 9.17) is 5.11 Å². The van der Waals surface area contributed by atoms with Crippen molar-refractivity contribution in [2.75, 3.05) is 12.4 Å². The van der Waals surface area contributed by atoms with Crippen LogP contribution >= 0.6 is 11.8 Å². The standard InChI is InChI=1S/C10H17N3O3S/c1-6-3-8(15)13-10(12-6)17-5-9(16)11-7(2)4-14/h6-7,14H,3-5H2,1-2H3,(H,11,16)(H,12,13,15)/t6-,7-/m0/s1. The Morgan fingerprint density at radius 3 is 3.06 bits per heavy atom. The Morgan fingerprint density at radius 2 is 2.47 bits per heavy atom. The molecule has 0 aliphatic carbocycles. The van der Waals surface area contributed by atoms with E-state index in [0.29, 0.717) is 11.6 Å². The molecular formula is C10H17N3O3S. The van der Waals surface area contributed by atoms with Crippen molar-refractivity contribution >= 4 is 28.7 Å². The highest BCUT2D eigenvalue weighted by Gasteiger charge is 2.18. The van der Waals surface area contributed by atoms with Crippen LogP contribution in [0.4, 0.5) is 0 Å². The van der Waals surface area contributed by atoms with Gasteiger partial charge in [0.15, 0.2) is 5.17 Å². The first-order valence-corrected chi connectivity index (χ1v) is 6.40. The van der Waals surface area contributed by atoms with Crippen molar-refractivity contribution in [3.63, 3.8) is 0 Å². The minimum absolute atomic E-state index is 0.0364. The fourth-order valence-electron chi connectivity index (χ4n) is 1.29. The fourth-order valence-corrected chi connectivity index (χ4v) is 2.08. The molecule has 1 aliphatic heterocycles. The molecule has 0 radical (unpaired) electrons. The lowest BCUT2D eigenvalue weighted by atomic mass is 10.2. The maximum absolute atomic E-state index is 11.4. The van der Waals surface area contributed by atoms with Gasteiger partial charge in [0.2, 0.25) is 11.8 Å². The highest BCUT2D eigenvalue weighted by atomic mass is 32.2. The van der Waals surface area contributed by atoms with E-state index in [9.17, 15) is 9.59 Å². The molecule has 0 spiro atoms. The van der Waals surface area contributed by atoms with Crippen LogP contribution in [0.3, 0.4) is 0 Å². The summed E-state index contributed by atoms with van der Waals surface area (Å²) in [6.07, 6.45) is 0.387. The first-order valence-electron chi connectivity index (χ1n) is 5.42. The minimum atomic E-state index is -0.259. The number of aliphatic imine (C=N–C) groups is 1. The highest BCUT2D eigenvalue weighted by Crippen LogP contribution is 2.10. The van der Waals surface area contributed by atoms with Crippen LogP contribution in [0.25, 0.3) is 0 Å². The van der Waals surface area contributed by atoms with E-state index in [1.54, 1.807) is 6.92 Å². The van der Waals surface area contributed by atoms with Crippen molar-refractivity contribution < 1.29 is 14.7 Å². The molecule has 3 N–H and O–H groups in total. The normalized spacial score (nSPS) is 21.5. The second-order valence-corrected chi connectivity index (χ2v) is 4.94. The zero-order chi connectivity index (χ0) is 12.8. The Labute approximate surface area is 104 Å². The van der Waals surface area contributed by atoms with Crippen molar-refractivity contribution in [2.24, 2.45) is 4.99 Å². The molecule has 1 aliphatic rings. The second-order valence-electron chi connectivity index (χ2n) is 3.98. The van der Waals surface area contributed by atoms with E-state index in [-0.39, 0.29) is 36.3 Å². The number of nitrogens with zero attached hydrogens (tertiary/aromatic N) is 1. The van der Waals surface area contributed by atoms with E-state index < -0.39 is 0 Å². The monoisotopic (exact) mass is 259 g/mol. The summed E-state index contributed by atoms with van der Waals surface area (Å²) in [6.45, 7) is 3.48. The average molecular weight is 259 g/mol. The van der Waals surface area contributed by atoms with Crippen LogP contribution in [0.2, 0.25) is 0 Å². The molecule has 0 aromatic heterocycles. The van der Waals surface area contributed by atoms with Gasteiger partial charge in [0.1, 0.15) is 0 Å². The second kappa shape index (κ2) is 6.61. The summed E-state index contributed by atoms with van der Waals surface area (Å²) < 4.78 is 0. The molecule has 96 valence electrons. The lowest BCUT2D eigenvalue weighted by Gasteiger charge is -2.17. The molecule has 0 bridgehead atoms. The summed E-state index contributed by atoms with van der Waals surface area (Å²) >= 11 is 1.19. The van der Waals surface area contributed by atoms with Gasteiger partial charge in [0.25, 0.3) is 0 Å². The SMILES string of the molecule is C[C@H]1CC(=O)NC(SCC(=O)N[C@@H](C)CO)=N1.